The molecule has 0 aromatic heterocycles. The van der Waals surface area contributed by atoms with Crippen molar-refractivity contribution in [3.63, 3.8) is 0 Å². The number of carbonyl (C=O) groups excluding carboxylic acids is 2. The van der Waals surface area contributed by atoms with Crippen LogP contribution in [-0.4, -0.2) is 43.8 Å². The van der Waals surface area contributed by atoms with Gasteiger partial charge in [0.2, 0.25) is 11.8 Å². The number of nitrogens with one attached hydrogen (secondary N) is 1. The first-order chi connectivity index (χ1) is 21.9. The molecule has 0 heterocycles. The summed E-state index contributed by atoms with van der Waals surface area (Å²) < 4.78 is 29.6. The molecule has 7 nitrogen and oxygen atoms in total. The van der Waals surface area contributed by atoms with Gasteiger partial charge in [-0.25, -0.2) is 8.42 Å². The lowest BCUT2D eigenvalue weighted by atomic mass is 10.0. The Labute approximate surface area is 278 Å². The second kappa shape index (κ2) is 15.4. The molecule has 0 saturated heterocycles. The molecular formula is C37H42ClN3O4S. The summed E-state index contributed by atoms with van der Waals surface area (Å²) in [5, 5.41) is 3.41. The van der Waals surface area contributed by atoms with Crippen LogP contribution in [0, 0.1) is 6.92 Å². The van der Waals surface area contributed by atoms with Crippen LogP contribution in [0.1, 0.15) is 55.9 Å². The molecule has 1 N–H and O–H groups in total. The van der Waals surface area contributed by atoms with Crippen molar-refractivity contribution in [3.8, 4) is 0 Å². The molecule has 4 aromatic carbocycles. The molecule has 0 saturated carbocycles. The summed E-state index contributed by atoms with van der Waals surface area (Å²) in [6.45, 7) is 9.18. The number of rotatable bonds is 13. The molecule has 0 spiro atoms. The van der Waals surface area contributed by atoms with E-state index in [4.69, 9.17) is 11.6 Å². The van der Waals surface area contributed by atoms with Crippen LogP contribution in [0.15, 0.2) is 108 Å². The number of nitrogens with zero attached hydrogens (tertiary/aromatic N) is 2. The van der Waals surface area contributed by atoms with E-state index in [1.165, 1.54) is 4.90 Å². The summed E-state index contributed by atoms with van der Waals surface area (Å²) in [4.78, 5) is 29.9. The second-order valence-corrected chi connectivity index (χ2v) is 14.3. The predicted octanol–water partition coefficient (Wildman–Crippen LogP) is 7.13. The molecule has 0 unspecified atom stereocenters. The van der Waals surface area contributed by atoms with Crippen LogP contribution >= 0.6 is 11.6 Å². The highest BCUT2D eigenvalue weighted by atomic mass is 35.5. The summed E-state index contributed by atoms with van der Waals surface area (Å²) in [6.07, 6.45) is 0.226. The third-order valence-electron chi connectivity index (χ3n) is 7.74. The number of hydrogen-bond donors (Lipinski definition) is 1. The fraction of sp³-hybridized carbons (Fsp3) is 0.297. The molecule has 0 radical (unpaired) electrons. The zero-order valence-electron chi connectivity index (χ0n) is 27.0. The van der Waals surface area contributed by atoms with Gasteiger partial charge in [0, 0.05) is 24.0 Å². The smallest absolute Gasteiger partial charge is 0.264 e. The van der Waals surface area contributed by atoms with E-state index in [1.807, 2.05) is 69.3 Å². The molecular weight excluding hydrogens is 618 g/mol. The van der Waals surface area contributed by atoms with Crippen molar-refractivity contribution < 1.29 is 18.0 Å². The lowest BCUT2D eigenvalue weighted by Gasteiger charge is -2.34. The fourth-order valence-electron chi connectivity index (χ4n) is 5.14. The van der Waals surface area contributed by atoms with Crippen LogP contribution in [0.4, 0.5) is 5.69 Å². The number of hydrogen-bond acceptors (Lipinski definition) is 4. The summed E-state index contributed by atoms with van der Waals surface area (Å²) in [6, 6.07) is 29.2. The molecule has 242 valence electrons. The van der Waals surface area contributed by atoms with E-state index in [2.05, 4.69) is 19.2 Å². The fourth-order valence-corrected chi connectivity index (χ4v) is 6.75. The average molecular weight is 660 g/mol. The van der Waals surface area contributed by atoms with Gasteiger partial charge in [0.1, 0.15) is 12.6 Å². The van der Waals surface area contributed by atoms with Gasteiger partial charge in [-0.15, -0.1) is 0 Å². The van der Waals surface area contributed by atoms with E-state index in [0.717, 1.165) is 21.0 Å². The molecule has 0 aliphatic heterocycles. The Kier molecular flexibility index (Phi) is 11.7. The standard InChI is InChI=1S/C37H42ClN3O4S/c1-26(2)30-17-19-32(20-18-30)41(46(44,45)33-21-15-28(5)16-22-33)25-36(42)40(24-31-13-9-10-14-34(31)38)35(37(43)39-27(3)4)23-29-11-7-6-8-12-29/h6-22,26-27,35H,23-25H2,1-5H3,(H,39,43)/t35-/m0/s1. The second-order valence-electron chi connectivity index (χ2n) is 12.1. The first kappa shape index (κ1) is 34.7. The summed E-state index contributed by atoms with van der Waals surface area (Å²) >= 11 is 6.56. The number of halogens is 1. The number of amides is 2. The van der Waals surface area contributed by atoms with E-state index in [-0.39, 0.29) is 35.7 Å². The van der Waals surface area contributed by atoms with Crippen LogP contribution in [0.2, 0.25) is 5.02 Å². The third kappa shape index (κ3) is 8.77. The van der Waals surface area contributed by atoms with Crippen LogP contribution in [0.5, 0.6) is 0 Å². The normalized spacial score (nSPS) is 12.2. The molecule has 2 amide bonds. The van der Waals surface area contributed by atoms with Gasteiger partial charge in [0.15, 0.2) is 0 Å². The van der Waals surface area contributed by atoms with E-state index < -0.39 is 28.5 Å². The highest BCUT2D eigenvalue weighted by molar-refractivity contribution is 7.92. The Morgan fingerprint density at radius 3 is 2.00 bits per heavy atom. The summed E-state index contributed by atoms with van der Waals surface area (Å²) in [5.41, 5.74) is 3.80. The molecule has 4 rings (SSSR count). The zero-order valence-corrected chi connectivity index (χ0v) is 28.6. The van der Waals surface area contributed by atoms with Crippen LogP contribution in [0.3, 0.4) is 0 Å². The SMILES string of the molecule is Cc1ccc(S(=O)(=O)N(CC(=O)N(Cc2ccccc2Cl)[C@@H](Cc2ccccc2)C(=O)NC(C)C)c2ccc(C(C)C)cc2)cc1. The molecule has 1 atom stereocenters. The van der Waals surface area contributed by atoms with E-state index >= 15 is 0 Å². The van der Waals surface area contributed by atoms with Crippen molar-refractivity contribution in [2.75, 3.05) is 10.8 Å². The molecule has 46 heavy (non-hydrogen) atoms. The van der Waals surface area contributed by atoms with Crippen molar-refractivity contribution in [2.24, 2.45) is 0 Å². The van der Waals surface area contributed by atoms with Crippen LogP contribution in [0.25, 0.3) is 0 Å². The summed E-state index contributed by atoms with van der Waals surface area (Å²) in [7, 11) is -4.18. The maximum atomic E-state index is 14.6. The van der Waals surface area contributed by atoms with Gasteiger partial charge in [0.25, 0.3) is 10.0 Å². The Hall–Kier alpha value is -4.14. The quantitative estimate of drug-likeness (QED) is 0.165. The predicted molar refractivity (Wildman–Crippen MR) is 185 cm³/mol. The molecule has 9 heteroatoms. The first-order valence-corrected chi connectivity index (χ1v) is 17.2. The van der Waals surface area contributed by atoms with Gasteiger partial charge in [-0.05, 0) is 73.7 Å². The Morgan fingerprint density at radius 1 is 0.804 bits per heavy atom. The molecule has 4 aromatic rings. The van der Waals surface area contributed by atoms with Crippen molar-refractivity contribution in [1.29, 1.82) is 0 Å². The van der Waals surface area contributed by atoms with Crippen LogP contribution < -0.4 is 9.62 Å². The third-order valence-corrected chi connectivity index (χ3v) is 9.89. The monoisotopic (exact) mass is 659 g/mol. The van der Waals surface area contributed by atoms with E-state index in [0.29, 0.717) is 16.3 Å². The molecule has 0 aliphatic rings. The van der Waals surface area contributed by atoms with Gasteiger partial charge in [-0.1, -0.05) is 104 Å². The minimum atomic E-state index is -4.18. The minimum Gasteiger partial charge on any atom is -0.352 e. The largest absolute Gasteiger partial charge is 0.352 e. The van der Waals surface area contributed by atoms with Crippen molar-refractivity contribution in [1.82, 2.24) is 10.2 Å². The molecule has 0 fully saturated rings. The Bertz CT molecular complexity index is 1720. The first-order valence-electron chi connectivity index (χ1n) is 15.4. The van der Waals surface area contributed by atoms with Crippen molar-refractivity contribution >= 4 is 39.1 Å². The molecule has 0 aliphatic carbocycles. The van der Waals surface area contributed by atoms with Gasteiger partial charge in [-0.2, -0.15) is 0 Å². The average Bonchev–Trinajstić information content (AvgIpc) is 3.02. The van der Waals surface area contributed by atoms with Crippen molar-refractivity contribution in [3.05, 3.63) is 130 Å². The Morgan fingerprint density at radius 2 is 1.41 bits per heavy atom. The maximum absolute atomic E-state index is 14.6. The Balaban J connectivity index is 1.82. The lowest BCUT2D eigenvalue weighted by Crippen LogP contribution is -2.54. The van der Waals surface area contributed by atoms with E-state index in [1.54, 1.807) is 54.6 Å². The highest BCUT2D eigenvalue weighted by Gasteiger charge is 2.35. The number of anilines is 1. The van der Waals surface area contributed by atoms with E-state index in [9.17, 15) is 18.0 Å². The number of benzene rings is 4. The summed E-state index contributed by atoms with van der Waals surface area (Å²) in [5.74, 6) is -0.640. The van der Waals surface area contributed by atoms with Crippen molar-refractivity contribution in [2.45, 2.75) is 70.5 Å². The minimum absolute atomic E-state index is 0.00618. The van der Waals surface area contributed by atoms with Gasteiger partial charge >= 0.3 is 0 Å². The number of carbonyl (C=O) groups is 2. The zero-order chi connectivity index (χ0) is 33.4. The van der Waals surface area contributed by atoms with Gasteiger partial charge in [-0.3, -0.25) is 13.9 Å². The van der Waals surface area contributed by atoms with Gasteiger partial charge in [0.05, 0.1) is 10.6 Å². The van der Waals surface area contributed by atoms with Crippen LogP contribution in [-0.2, 0) is 32.6 Å². The maximum Gasteiger partial charge on any atom is 0.264 e. The molecule has 0 bridgehead atoms. The highest BCUT2D eigenvalue weighted by Crippen LogP contribution is 2.28. The van der Waals surface area contributed by atoms with Gasteiger partial charge < -0.3 is 10.2 Å². The lowest BCUT2D eigenvalue weighted by molar-refractivity contribution is -0.140. The number of sulfonamides is 1. The number of aryl methyl sites for hydroxylation is 1. The topological polar surface area (TPSA) is 86.8 Å².